The van der Waals surface area contributed by atoms with Crippen molar-refractivity contribution >= 4 is 28.4 Å². The Labute approximate surface area is 166 Å². The zero-order valence-electron chi connectivity index (χ0n) is 15.7. The highest BCUT2D eigenvalue weighted by atomic mass is 35.5. The van der Waals surface area contributed by atoms with E-state index in [1.807, 2.05) is 0 Å². The summed E-state index contributed by atoms with van der Waals surface area (Å²) in [6, 6.07) is 10.2. The van der Waals surface area contributed by atoms with Crippen molar-refractivity contribution in [2.75, 3.05) is 27.2 Å². The van der Waals surface area contributed by atoms with Gasteiger partial charge in [-0.2, -0.15) is 0 Å². The molecule has 7 heteroatoms. The first kappa shape index (κ1) is 19.8. The monoisotopic (exact) mass is 402 g/mol. The summed E-state index contributed by atoms with van der Waals surface area (Å²) in [5, 5.41) is 0.631. The lowest BCUT2D eigenvalue weighted by molar-refractivity contribution is -0.116. The molecule has 0 fully saturated rings. The molecule has 0 aliphatic rings. The van der Waals surface area contributed by atoms with Gasteiger partial charge in [0.1, 0.15) is 22.8 Å². The van der Waals surface area contributed by atoms with Crippen molar-refractivity contribution in [1.82, 2.24) is 0 Å². The van der Waals surface area contributed by atoms with Crippen LogP contribution in [0.1, 0.15) is 5.56 Å². The second-order valence-electron chi connectivity index (χ2n) is 6.02. The van der Waals surface area contributed by atoms with Crippen LogP contribution in [-0.2, 0) is 11.2 Å². The van der Waals surface area contributed by atoms with Gasteiger partial charge in [-0.25, -0.2) is 4.79 Å². The molecule has 0 unspecified atom stereocenters. The van der Waals surface area contributed by atoms with E-state index in [1.54, 1.807) is 36.4 Å². The molecule has 3 rings (SSSR count). The molecular weight excluding hydrogens is 384 g/mol. The van der Waals surface area contributed by atoms with Crippen LogP contribution in [0.3, 0.4) is 0 Å². The number of carbonyl (C=O) groups excluding carboxylic acids is 1. The van der Waals surface area contributed by atoms with Gasteiger partial charge in [0.15, 0.2) is 5.78 Å². The smallest absolute Gasteiger partial charge is 0.344 e. The Bertz CT molecular complexity index is 1090. The Morgan fingerprint density at radius 3 is 2.32 bits per heavy atom. The van der Waals surface area contributed by atoms with Crippen molar-refractivity contribution in [3.05, 3.63) is 52.4 Å². The van der Waals surface area contributed by atoms with E-state index in [9.17, 15) is 9.59 Å². The predicted octanol–water partition coefficient (Wildman–Crippen LogP) is 3.84. The highest BCUT2D eigenvalue weighted by Crippen LogP contribution is 2.36. The zero-order chi connectivity index (χ0) is 20.3. The molecule has 0 spiro atoms. The molecule has 0 radical (unpaired) electrons. The van der Waals surface area contributed by atoms with Crippen LogP contribution >= 0.6 is 11.6 Å². The Kier molecular flexibility index (Phi) is 5.90. The van der Waals surface area contributed by atoms with E-state index in [0.717, 1.165) is 0 Å². The van der Waals surface area contributed by atoms with E-state index >= 15 is 0 Å². The Balaban J connectivity index is 2.35. The number of methoxy groups -OCH3 is 3. The van der Waals surface area contributed by atoms with Crippen LogP contribution in [0.5, 0.6) is 17.2 Å². The Hall–Kier alpha value is -2.99. The number of ketones is 1. The number of hydrogen-bond donors (Lipinski definition) is 0. The summed E-state index contributed by atoms with van der Waals surface area (Å²) in [6.07, 6.45) is -0.0115. The molecule has 0 N–H and O–H groups in total. The molecule has 146 valence electrons. The molecule has 2 aromatic carbocycles. The average molecular weight is 403 g/mol. The lowest BCUT2D eigenvalue weighted by atomic mass is 9.94. The van der Waals surface area contributed by atoms with Crippen molar-refractivity contribution < 1.29 is 23.4 Å². The number of alkyl halides is 1. The first-order valence-corrected chi connectivity index (χ1v) is 8.99. The van der Waals surface area contributed by atoms with E-state index in [4.69, 9.17) is 30.2 Å². The molecule has 0 saturated carbocycles. The van der Waals surface area contributed by atoms with Crippen LogP contribution in [-0.4, -0.2) is 33.0 Å². The zero-order valence-corrected chi connectivity index (χ0v) is 16.5. The Morgan fingerprint density at radius 1 is 1.00 bits per heavy atom. The summed E-state index contributed by atoms with van der Waals surface area (Å²) in [6.45, 7) is 0. The number of ether oxygens (including phenoxy) is 3. The normalized spacial score (nSPS) is 10.7. The second-order valence-corrected chi connectivity index (χ2v) is 6.29. The number of rotatable bonds is 7. The number of halogens is 1. The fourth-order valence-electron chi connectivity index (χ4n) is 3.08. The van der Waals surface area contributed by atoms with E-state index in [-0.39, 0.29) is 23.6 Å². The van der Waals surface area contributed by atoms with E-state index < -0.39 is 5.63 Å². The van der Waals surface area contributed by atoms with Crippen LogP contribution in [0.15, 0.2) is 45.6 Å². The minimum absolute atomic E-state index is 0.0115. The van der Waals surface area contributed by atoms with Gasteiger partial charge in [-0.1, -0.05) is 0 Å². The van der Waals surface area contributed by atoms with Crippen LogP contribution in [0.25, 0.3) is 22.1 Å². The summed E-state index contributed by atoms with van der Waals surface area (Å²) >= 11 is 5.72. The van der Waals surface area contributed by atoms with Crippen LogP contribution in [0.4, 0.5) is 0 Å². The molecule has 1 heterocycles. The highest BCUT2D eigenvalue weighted by molar-refractivity contribution is 6.28. The van der Waals surface area contributed by atoms with Gasteiger partial charge in [-0.15, -0.1) is 11.6 Å². The fraction of sp³-hybridized carbons (Fsp3) is 0.238. The first-order valence-electron chi connectivity index (χ1n) is 8.46. The lowest BCUT2D eigenvalue weighted by Gasteiger charge is -2.15. The third-order valence-corrected chi connectivity index (χ3v) is 4.72. The number of hydrogen-bond acceptors (Lipinski definition) is 6. The quantitative estimate of drug-likeness (QED) is 0.441. The minimum Gasteiger partial charge on any atom is -0.497 e. The molecule has 0 saturated heterocycles. The van der Waals surface area contributed by atoms with Crippen LogP contribution < -0.4 is 19.8 Å². The number of carbonyl (C=O) groups is 1. The van der Waals surface area contributed by atoms with Gasteiger partial charge in [-0.3, -0.25) is 4.79 Å². The Morgan fingerprint density at radius 2 is 1.68 bits per heavy atom. The number of fused-ring (bicyclic) bond motifs is 1. The maximum absolute atomic E-state index is 12.9. The van der Waals surface area contributed by atoms with Crippen LogP contribution in [0, 0.1) is 0 Å². The summed E-state index contributed by atoms with van der Waals surface area (Å²) < 4.78 is 21.4. The largest absolute Gasteiger partial charge is 0.497 e. The summed E-state index contributed by atoms with van der Waals surface area (Å²) in [5.41, 5.74) is 1.05. The van der Waals surface area contributed by atoms with Crippen LogP contribution in [0.2, 0.25) is 0 Å². The molecule has 3 aromatic rings. The lowest BCUT2D eigenvalue weighted by Crippen LogP contribution is -2.13. The second kappa shape index (κ2) is 8.35. The van der Waals surface area contributed by atoms with Gasteiger partial charge in [0.25, 0.3) is 0 Å². The summed E-state index contributed by atoms with van der Waals surface area (Å²) in [5.74, 6) is 1.18. The van der Waals surface area contributed by atoms with E-state index in [0.29, 0.717) is 39.3 Å². The fourth-order valence-corrected chi connectivity index (χ4v) is 3.17. The highest BCUT2D eigenvalue weighted by Gasteiger charge is 2.22. The van der Waals surface area contributed by atoms with Crippen molar-refractivity contribution in [1.29, 1.82) is 0 Å². The summed E-state index contributed by atoms with van der Waals surface area (Å²) in [7, 11) is 4.56. The van der Waals surface area contributed by atoms with Crippen molar-refractivity contribution in [3.63, 3.8) is 0 Å². The third kappa shape index (κ3) is 3.68. The molecule has 0 bridgehead atoms. The van der Waals surface area contributed by atoms with Gasteiger partial charge in [-0.05, 0) is 29.8 Å². The molecule has 0 atom stereocenters. The van der Waals surface area contributed by atoms with Gasteiger partial charge in [0.05, 0.1) is 32.8 Å². The summed E-state index contributed by atoms with van der Waals surface area (Å²) in [4.78, 5) is 25.1. The maximum Gasteiger partial charge on any atom is 0.344 e. The van der Waals surface area contributed by atoms with Crippen molar-refractivity contribution in [3.8, 4) is 28.4 Å². The van der Waals surface area contributed by atoms with Gasteiger partial charge < -0.3 is 18.6 Å². The standard InChI is InChI=1S/C21H19ClO6/c1-25-13-5-7-16(18(9-13)27-3)20-17(8-12(23)11-22)15-6-4-14(26-2)10-19(15)28-21(20)24/h4-7,9-10H,8,11H2,1-3H3. The molecule has 1 aromatic heterocycles. The molecule has 0 aliphatic heterocycles. The topological polar surface area (TPSA) is 75.0 Å². The van der Waals surface area contributed by atoms with Crippen molar-refractivity contribution in [2.24, 2.45) is 0 Å². The number of Topliss-reactive ketones (excluding diaryl/α,β-unsaturated/α-hetero) is 1. The van der Waals surface area contributed by atoms with Gasteiger partial charge >= 0.3 is 5.63 Å². The van der Waals surface area contributed by atoms with E-state index in [2.05, 4.69) is 0 Å². The van der Waals surface area contributed by atoms with Gasteiger partial charge in [0.2, 0.25) is 0 Å². The maximum atomic E-state index is 12.9. The SMILES string of the molecule is COc1ccc(-c2c(CC(=O)CCl)c3ccc(OC)cc3oc2=O)c(OC)c1. The average Bonchev–Trinajstić information content (AvgIpc) is 2.72. The first-order chi connectivity index (χ1) is 13.5. The van der Waals surface area contributed by atoms with Crippen molar-refractivity contribution in [2.45, 2.75) is 6.42 Å². The predicted molar refractivity (Wildman–Crippen MR) is 107 cm³/mol. The molecule has 6 nitrogen and oxygen atoms in total. The molecule has 0 aliphatic carbocycles. The number of benzene rings is 2. The minimum atomic E-state index is -0.582. The third-order valence-electron chi connectivity index (χ3n) is 4.42. The van der Waals surface area contributed by atoms with E-state index in [1.165, 1.54) is 21.3 Å². The molecular formula is C21H19ClO6. The van der Waals surface area contributed by atoms with Gasteiger partial charge in [0, 0.05) is 29.5 Å². The molecule has 28 heavy (non-hydrogen) atoms. The molecule has 0 amide bonds.